The van der Waals surface area contributed by atoms with Gasteiger partial charge in [0.25, 0.3) is 0 Å². The van der Waals surface area contributed by atoms with Crippen molar-refractivity contribution in [3.05, 3.63) is 0 Å². The molecule has 10 N–H and O–H groups in total. The number of aliphatic hydroxyl groups excluding tert-OH is 7. The molecule has 4 fully saturated rings. The molecule has 0 aromatic rings. The molecule has 4 saturated heterocycles. The van der Waals surface area contributed by atoms with Crippen LogP contribution in [-0.4, -0.2) is 174 Å². The van der Waals surface area contributed by atoms with Crippen molar-refractivity contribution in [2.24, 2.45) is 0 Å². The minimum atomic E-state index is -1.81. The smallest absolute Gasteiger partial charge is 0.198 e. The normalized spacial score (nSPS) is 43.5. The minimum absolute atomic E-state index is 0. The zero-order valence-corrected chi connectivity index (χ0v) is 30.2. The summed E-state index contributed by atoms with van der Waals surface area (Å²) in [7, 11) is 0. The van der Waals surface area contributed by atoms with Crippen LogP contribution in [0.5, 0.6) is 0 Å². The van der Waals surface area contributed by atoms with E-state index < -0.39 is 123 Å². The molecular weight excluding hydrogens is 848 g/mol. The zero-order chi connectivity index (χ0) is 39.0. The SMILES string of the molecule is C.C.C.C.CC1O[C@@H](O[C@@H]2C(OSOOO)[C@H](O[C@@H]3C(C)O[C@@H](O[C@@H]4C(OSOOO)[C@H](O)OC(C)[C@H]4O)C(OSOOO)[C@H]3O)OC(C)[C@H]2O)C(O)[C@@H](O)[C@@H]1O. The zero-order valence-electron chi connectivity index (χ0n) is 27.8. The van der Waals surface area contributed by atoms with Gasteiger partial charge in [-0.2, -0.15) is 0 Å². The molecule has 26 nitrogen and oxygen atoms in total. The largest absolute Gasteiger partial charge is 0.388 e. The maximum atomic E-state index is 11.6. The van der Waals surface area contributed by atoms with Crippen LogP contribution in [0, 0.1) is 0 Å². The second-order valence-electron chi connectivity index (χ2n) is 11.9. The summed E-state index contributed by atoms with van der Waals surface area (Å²) >= 11 is 0.0820. The molecule has 8 unspecified atom stereocenters. The lowest BCUT2D eigenvalue weighted by Crippen LogP contribution is -2.66. The van der Waals surface area contributed by atoms with Gasteiger partial charge in [0.2, 0.25) is 0 Å². The summed E-state index contributed by atoms with van der Waals surface area (Å²) in [6.45, 7) is 5.63. The van der Waals surface area contributed by atoms with Gasteiger partial charge in [0, 0.05) is 0 Å². The van der Waals surface area contributed by atoms with Crippen molar-refractivity contribution >= 4 is 37.0 Å². The highest BCUT2D eigenvalue weighted by molar-refractivity contribution is 7.90. The molecule has 0 radical (unpaired) electrons. The van der Waals surface area contributed by atoms with Crippen molar-refractivity contribution in [3.63, 3.8) is 0 Å². The second-order valence-corrected chi connectivity index (χ2v) is 13.3. The fraction of sp³-hybridized carbons (Fsp3) is 1.00. The van der Waals surface area contributed by atoms with Crippen LogP contribution in [0.2, 0.25) is 0 Å². The first-order chi connectivity index (χ1) is 25.2. The molecule has 29 heteroatoms. The Morgan fingerprint density at radius 2 is 0.754 bits per heavy atom. The van der Waals surface area contributed by atoms with Crippen LogP contribution in [0.3, 0.4) is 0 Å². The molecule has 20 atom stereocenters. The van der Waals surface area contributed by atoms with Crippen LogP contribution >= 0.6 is 37.0 Å². The number of rotatable bonds is 18. The summed E-state index contributed by atoms with van der Waals surface area (Å²) in [6.07, 6.45) is -30.2. The first kappa shape index (κ1) is 57.0. The molecule has 57 heavy (non-hydrogen) atoms. The third kappa shape index (κ3) is 14.3. The molecule has 344 valence electrons. The average Bonchev–Trinajstić information content (AvgIpc) is 3.12. The standard InChI is InChI=1S/C24H42O26S3.4CH4/c1-5-9(25)12(28)13(29)22(36-5)40-17-11(27)7(3)37-24(20(17)44-53-50-47-34)39-15-8(4)38-23(18(14(15)30)42-51-48-45-32)41-16-10(26)6(2)35-21(31)19(16)43-52-49-46-33;;;;/h5-34H,1-4H3;4*1H4/t5?,6?,7?,8?,9-,10-,11-,12+,13?,14+,15-,16+,17+,18?,19?,20?,21-,22+,23+,24+;;;;/m1..../s1. The number of ether oxygens (including phenoxy) is 7. The van der Waals surface area contributed by atoms with E-state index in [1.165, 1.54) is 27.7 Å². The third-order valence-electron chi connectivity index (χ3n) is 8.60. The first-order valence-corrected chi connectivity index (χ1v) is 17.5. The van der Waals surface area contributed by atoms with Gasteiger partial charge in [0.15, 0.2) is 80.4 Å². The van der Waals surface area contributed by atoms with E-state index in [-0.39, 0.29) is 66.7 Å². The van der Waals surface area contributed by atoms with Crippen molar-refractivity contribution in [2.75, 3.05) is 0 Å². The Bertz CT molecular complexity index is 1070. The summed E-state index contributed by atoms with van der Waals surface area (Å²) in [4.78, 5) is 0. The number of hydrogen-bond donors (Lipinski definition) is 10. The molecule has 4 aliphatic heterocycles. The van der Waals surface area contributed by atoms with Gasteiger partial charge in [0.05, 0.1) is 24.4 Å². The fourth-order valence-corrected chi connectivity index (χ4v) is 6.87. The van der Waals surface area contributed by atoms with Crippen LogP contribution in [0.1, 0.15) is 57.4 Å². The van der Waals surface area contributed by atoms with Crippen LogP contribution in [-0.2, 0) is 73.8 Å². The Labute approximate surface area is 342 Å². The van der Waals surface area contributed by atoms with E-state index in [0.29, 0.717) is 0 Å². The molecular formula is C28H58O26S3. The van der Waals surface area contributed by atoms with Crippen LogP contribution in [0.25, 0.3) is 0 Å². The lowest BCUT2D eigenvalue weighted by Gasteiger charge is -2.49. The Morgan fingerprint density at radius 3 is 1.30 bits per heavy atom. The molecule has 4 aliphatic rings. The van der Waals surface area contributed by atoms with E-state index in [1.54, 1.807) is 0 Å². The van der Waals surface area contributed by atoms with Gasteiger partial charge in [0.1, 0.15) is 54.9 Å². The molecule has 0 amide bonds. The average molecular weight is 907 g/mol. The topological polar surface area (TPSA) is 350 Å². The van der Waals surface area contributed by atoms with Gasteiger partial charge in [-0.15, -0.1) is 13.0 Å². The summed E-state index contributed by atoms with van der Waals surface area (Å²) < 4.78 is 69.3. The summed E-state index contributed by atoms with van der Waals surface area (Å²) in [5, 5.41) is 111. The predicted molar refractivity (Wildman–Crippen MR) is 189 cm³/mol. The highest BCUT2D eigenvalue weighted by Gasteiger charge is 2.56. The van der Waals surface area contributed by atoms with Gasteiger partial charge in [-0.25, -0.2) is 15.8 Å². The maximum Gasteiger partial charge on any atom is 0.198 e. The first-order valence-electron chi connectivity index (χ1n) is 15.5. The van der Waals surface area contributed by atoms with Gasteiger partial charge in [-0.1, -0.05) is 44.8 Å². The van der Waals surface area contributed by atoms with Crippen LogP contribution in [0.4, 0.5) is 0 Å². The number of aliphatic hydroxyl groups is 7. The number of hydrogen-bond acceptors (Lipinski definition) is 29. The quantitative estimate of drug-likeness (QED) is 0.0372. The predicted octanol–water partition coefficient (Wildman–Crippen LogP) is -0.0679. The van der Waals surface area contributed by atoms with E-state index >= 15 is 0 Å². The molecule has 4 rings (SSSR count). The second kappa shape index (κ2) is 27.2. The molecule has 0 saturated carbocycles. The van der Waals surface area contributed by atoms with Crippen molar-refractivity contribution in [1.29, 1.82) is 0 Å². The highest BCUT2D eigenvalue weighted by atomic mass is 32.2. The lowest BCUT2D eigenvalue weighted by atomic mass is 9.96. The van der Waals surface area contributed by atoms with Crippen molar-refractivity contribution in [1.82, 2.24) is 0 Å². The van der Waals surface area contributed by atoms with Gasteiger partial charge in [-0.3, -0.25) is 12.5 Å². The Kier molecular flexibility index (Phi) is 27.2. The molecule has 0 bridgehead atoms. The molecule has 4 heterocycles. The summed E-state index contributed by atoms with van der Waals surface area (Å²) in [5.41, 5.74) is 0. The minimum Gasteiger partial charge on any atom is -0.388 e. The van der Waals surface area contributed by atoms with Gasteiger partial charge < -0.3 is 68.9 Å². The van der Waals surface area contributed by atoms with E-state index in [0.717, 1.165) is 0 Å². The van der Waals surface area contributed by atoms with Crippen LogP contribution in [0.15, 0.2) is 0 Å². The maximum absolute atomic E-state index is 11.6. The van der Waals surface area contributed by atoms with E-state index in [4.69, 9.17) is 61.5 Å². The Balaban J connectivity index is 0.00000784. The summed E-state index contributed by atoms with van der Waals surface area (Å²) in [6, 6.07) is 0. The molecule has 0 aromatic heterocycles. The van der Waals surface area contributed by atoms with Crippen molar-refractivity contribution in [2.45, 2.75) is 180 Å². The Hall–Kier alpha value is 0.01000. The monoisotopic (exact) mass is 906 g/mol. The molecule has 0 aromatic carbocycles. The van der Waals surface area contributed by atoms with Crippen molar-refractivity contribution in [3.8, 4) is 0 Å². The van der Waals surface area contributed by atoms with E-state index in [1.807, 2.05) is 0 Å². The van der Waals surface area contributed by atoms with Crippen molar-refractivity contribution < 1.29 is 125 Å². The van der Waals surface area contributed by atoms with Gasteiger partial charge >= 0.3 is 0 Å². The molecule has 0 spiro atoms. The lowest BCUT2D eigenvalue weighted by molar-refractivity contribution is -0.436. The fourth-order valence-electron chi connectivity index (χ4n) is 5.82. The van der Waals surface area contributed by atoms with Gasteiger partial charge in [-0.05, 0) is 27.7 Å². The summed E-state index contributed by atoms with van der Waals surface area (Å²) in [5.74, 6) is 0. The van der Waals surface area contributed by atoms with Crippen LogP contribution < -0.4 is 0 Å². The van der Waals surface area contributed by atoms with E-state index in [2.05, 4.69) is 28.1 Å². The third-order valence-corrected chi connectivity index (χ3v) is 9.85. The van der Waals surface area contributed by atoms with E-state index in [9.17, 15) is 35.7 Å². The Morgan fingerprint density at radius 1 is 0.368 bits per heavy atom. The highest BCUT2D eigenvalue weighted by Crippen LogP contribution is 2.38. The molecule has 0 aliphatic carbocycles.